The molecule has 0 radical (unpaired) electrons. The van der Waals surface area contributed by atoms with Crippen molar-refractivity contribution < 1.29 is 0 Å². The normalized spacial score (nSPS) is 10.8. The summed E-state index contributed by atoms with van der Waals surface area (Å²) in [5, 5.41) is 0.525. The SMILES string of the molecule is Cc1nc2c(Cl)c(N)ccc2[nH]1. The van der Waals surface area contributed by atoms with Crippen LogP contribution in [0.2, 0.25) is 5.02 Å². The van der Waals surface area contributed by atoms with Crippen molar-refractivity contribution in [2.75, 3.05) is 5.73 Å². The van der Waals surface area contributed by atoms with Gasteiger partial charge in [0.2, 0.25) is 0 Å². The number of benzene rings is 1. The van der Waals surface area contributed by atoms with Gasteiger partial charge in [-0.15, -0.1) is 0 Å². The Morgan fingerprint density at radius 3 is 3.00 bits per heavy atom. The standard InChI is InChI=1S/C8H8ClN3/c1-4-11-6-3-2-5(10)7(9)8(6)12-4/h2-3H,10H2,1H3,(H,11,12). The summed E-state index contributed by atoms with van der Waals surface area (Å²) in [5.74, 6) is 0.845. The highest BCUT2D eigenvalue weighted by Gasteiger charge is 2.05. The van der Waals surface area contributed by atoms with Crippen molar-refractivity contribution in [3.63, 3.8) is 0 Å². The fourth-order valence-electron chi connectivity index (χ4n) is 1.18. The van der Waals surface area contributed by atoms with E-state index in [4.69, 9.17) is 17.3 Å². The Bertz CT molecular complexity index is 433. The van der Waals surface area contributed by atoms with Gasteiger partial charge in [0.1, 0.15) is 11.3 Å². The Kier molecular flexibility index (Phi) is 1.48. The molecule has 2 aromatic rings. The first-order valence-corrected chi connectivity index (χ1v) is 3.96. The van der Waals surface area contributed by atoms with Gasteiger partial charge in [0.25, 0.3) is 0 Å². The molecule has 0 aliphatic heterocycles. The van der Waals surface area contributed by atoms with E-state index in [0.29, 0.717) is 10.7 Å². The van der Waals surface area contributed by atoms with Crippen LogP contribution < -0.4 is 5.73 Å². The molecule has 1 aromatic carbocycles. The predicted octanol–water partition coefficient (Wildman–Crippen LogP) is 2.11. The molecule has 0 atom stereocenters. The van der Waals surface area contributed by atoms with E-state index in [2.05, 4.69) is 9.97 Å². The number of aromatic amines is 1. The monoisotopic (exact) mass is 181 g/mol. The lowest BCUT2D eigenvalue weighted by Crippen LogP contribution is -1.85. The average molecular weight is 182 g/mol. The number of aromatic nitrogens is 2. The minimum Gasteiger partial charge on any atom is -0.397 e. The number of hydrogen-bond donors (Lipinski definition) is 2. The number of nitrogens with two attached hydrogens (primary N) is 1. The molecule has 0 aliphatic carbocycles. The van der Waals surface area contributed by atoms with Gasteiger partial charge in [-0.1, -0.05) is 11.6 Å². The lowest BCUT2D eigenvalue weighted by molar-refractivity contribution is 1.17. The number of halogens is 1. The second-order valence-corrected chi connectivity index (χ2v) is 3.07. The van der Waals surface area contributed by atoms with Crippen LogP contribution in [0.5, 0.6) is 0 Å². The first-order chi connectivity index (χ1) is 5.68. The van der Waals surface area contributed by atoms with Crippen LogP contribution in [0.15, 0.2) is 12.1 Å². The smallest absolute Gasteiger partial charge is 0.109 e. The number of anilines is 1. The van der Waals surface area contributed by atoms with Crippen molar-refractivity contribution in [2.45, 2.75) is 6.92 Å². The highest BCUT2D eigenvalue weighted by Crippen LogP contribution is 2.26. The molecule has 12 heavy (non-hydrogen) atoms. The summed E-state index contributed by atoms with van der Waals surface area (Å²) >= 11 is 5.93. The zero-order valence-electron chi connectivity index (χ0n) is 6.56. The summed E-state index contributed by atoms with van der Waals surface area (Å²) in [6.07, 6.45) is 0. The van der Waals surface area contributed by atoms with E-state index < -0.39 is 0 Å². The maximum Gasteiger partial charge on any atom is 0.109 e. The van der Waals surface area contributed by atoms with E-state index in [1.54, 1.807) is 6.07 Å². The quantitative estimate of drug-likeness (QED) is 0.612. The lowest BCUT2D eigenvalue weighted by atomic mass is 10.3. The van der Waals surface area contributed by atoms with Crippen molar-refractivity contribution in [3.8, 4) is 0 Å². The number of nitrogens with one attached hydrogen (secondary N) is 1. The summed E-state index contributed by atoms with van der Waals surface area (Å²) < 4.78 is 0. The third-order valence-electron chi connectivity index (χ3n) is 1.74. The van der Waals surface area contributed by atoms with Crippen molar-refractivity contribution >= 4 is 28.3 Å². The van der Waals surface area contributed by atoms with Crippen molar-refractivity contribution in [2.24, 2.45) is 0 Å². The van der Waals surface area contributed by atoms with Gasteiger partial charge in [0.05, 0.1) is 16.2 Å². The van der Waals surface area contributed by atoms with E-state index in [0.717, 1.165) is 16.9 Å². The van der Waals surface area contributed by atoms with Gasteiger partial charge < -0.3 is 10.7 Å². The maximum atomic E-state index is 5.93. The minimum absolute atomic E-state index is 0.525. The number of nitrogens with zero attached hydrogens (tertiary/aromatic N) is 1. The van der Waals surface area contributed by atoms with Crippen LogP contribution in [0, 0.1) is 6.92 Å². The molecular formula is C8H8ClN3. The third-order valence-corrected chi connectivity index (χ3v) is 2.14. The maximum absolute atomic E-state index is 5.93. The number of rotatable bonds is 0. The molecule has 2 rings (SSSR count). The molecule has 0 saturated heterocycles. The fourth-order valence-corrected chi connectivity index (χ4v) is 1.39. The van der Waals surface area contributed by atoms with E-state index in [-0.39, 0.29) is 0 Å². The number of imidazole rings is 1. The molecule has 0 saturated carbocycles. The molecule has 1 aromatic heterocycles. The Balaban J connectivity index is 2.89. The number of hydrogen-bond acceptors (Lipinski definition) is 2. The summed E-state index contributed by atoms with van der Waals surface area (Å²) in [4.78, 5) is 7.28. The Labute approximate surface area is 74.5 Å². The molecule has 3 nitrogen and oxygen atoms in total. The summed E-state index contributed by atoms with van der Waals surface area (Å²) in [5.41, 5.74) is 7.84. The van der Waals surface area contributed by atoms with Crippen LogP contribution >= 0.6 is 11.6 Å². The van der Waals surface area contributed by atoms with E-state index >= 15 is 0 Å². The van der Waals surface area contributed by atoms with E-state index in [1.807, 2.05) is 13.0 Å². The van der Waals surface area contributed by atoms with Crippen molar-refractivity contribution in [3.05, 3.63) is 23.0 Å². The van der Waals surface area contributed by atoms with Crippen molar-refractivity contribution in [1.82, 2.24) is 9.97 Å². The molecule has 1 heterocycles. The van der Waals surface area contributed by atoms with Crippen LogP contribution in [0.25, 0.3) is 11.0 Å². The first kappa shape index (κ1) is 7.43. The van der Waals surface area contributed by atoms with Gasteiger partial charge in [-0.05, 0) is 19.1 Å². The summed E-state index contributed by atoms with van der Waals surface area (Å²) in [6, 6.07) is 3.64. The fraction of sp³-hybridized carbons (Fsp3) is 0.125. The number of fused-ring (bicyclic) bond motifs is 1. The molecule has 3 N–H and O–H groups in total. The highest BCUT2D eigenvalue weighted by atomic mass is 35.5. The number of H-pyrrole nitrogens is 1. The molecule has 0 bridgehead atoms. The lowest BCUT2D eigenvalue weighted by Gasteiger charge is -1.95. The van der Waals surface area contributed by atoms with E-state index in [9.17, 15) is 0 Å². The highest BCUT2D eigenvalue weighted by molar-refractivity contribution is 6.37. The first-order valence-electron chi connectivity index (χ1n) is 3.59. The van der Waals surface area contributed by atoms with Crippen LogP contribution in [-0.4, -0.2) is 9.97 Å². The van der Waals surface area contributed by atoms with Crippen LogP contribution in [-0.2, 0) is 0 Å². The molecule has 0 unspecified atom stereocenters. The van der Waals surface area contributed by atoms with Gasteiger partial charge >= 0.3 is 0 Å². The third kappa shape index (κ3) is 0.940. The van der Waals surface area contributed by atoms with Gasteiger partial charge in [-0.2, -0.15) is 0 Å². The molecule has 0 amide bonds. The molecule has 0 fully saturated rings. The van der Waals surface area contributed by atoms with Gasteiger partial charge in [-0.25, -0.2) is 4.98 Å². The zero-order chi connectivity index (χ0) is 8.72. The minimum atomic E-state index is 0.525. The molecule has 0 spiro atoms. The van der Waals surface area contributed by atoms with Crippen LogP contribution in [0.1, 0.15) is 5.82 Å². The van der Waals surface area contributed by atoms with Crippen molar-refractivity contribution in [1.29, 1.82) is 0 Å². The second kappa shape index (κ2) is 2.38. The topological polar surface area (TPSA) is 54.7 Å². The average Bonchev–Trinajstić information content (AvgIpc) is 2.39. The summed E-state index contributed by atoms with van der Waals surface area (Å²) in [6.45, 7) is 1.88. The van der Waals surface area contributed by atoms with Crippen LogP contribution in [0.3, 0.4) is 0 Å². The predicted molar refractivity (Wildman–Crippen MR) is 50.3 cm³/mol. The molecule has 0 aliphatic rings. The largest absolute Gasteiger partial charge is 0.397 e. The Hall–Kier alpha value is -1.22. The molecular weight excluding hydrogens is 174 g/mol. The number of aryl methyl sites for hydroxylation is 1. The number of nitrogen functional groups attached to an aromatic ring is 1. The van der Waals surface area contributed by atoms with E-state index in [1.165, 1.54) is 0 Å². The van der Waals surface area contributed by atoms with Gasteiger partial charge in [-0.3, -0.25) is 0 Å². The second-order valence-electron chi connectivity index (χ2n) is 2.69. The molecule has 4 heteroatoms. The van der Waals surface area contributed by atoms with Crippen LogP contribution in [0.4, 0.5) is 5.69 Å². The van der Waals surface area contributed by atoms with Gasteiger partial charge in [0.15, 0.2) is 0 Å². The molecule has 62 valence electrons. The zero-order valence-corrected chi connectivity index (χ0v) is 7.31. The Morgan fingerprint density at radius 1 is 1.50 bits per heavy atom. The Morgan fingerprint density at radius 2 is 2.25 bits per heavy atom. The summed E-state index contributed by atoms with van der Waals surface area (Å²) in [7, 11) is 0. The van der Waals surface area contributed by atoms with Gasteiger partial charge in [0, 0.05) is 0 Å².